The van der Waals surface area contributed by atoms with Gasteiger partial charge in [0, 0.05) is 32.2 Å². The van der Waals surface area contributed by atoms with Gasteiger partial charge < -0.3 is 15.4 Å². The molecule has 1 aromatic carbocycles. The first-order valence-corrected chi connectivity index (χ1v) is 10.8. The molecule has 0 radical (unpaired) electrons. The first-order chi connectivity index (χ1) is 13.2. The second-order valence-corrected chi connectivity index (χ2v) is 8.55. The van der Waals surface area contributed by atoms with Crippen LogP contribution in [0.15, 0.2) is 23.2 Å². The van der Waals surface area contributed by atoms with Crippen LogP contribution in [-0.2, 0) is 16.6 Å². The monoisotopic (exact) mass is 420 g/mol. The van der Waals surface area contributed by atoms with E-state index in [4.69, 9.17) is 0 Å². The van der Waals surface area contributed by atoms with Gasteiger partial charge in [-0.15, -0.1) is 0 Å². The van der Waals surface area contributed by atoms with E-state index in [9.17, 15) is 17.2 Å². The normalized spacial score (nSPS) is 12.5. The zero-order chi connectivity index (χ0) is 21.2. The molecule has 0 atom stereocenters. The molecule has 7 nitrogen and oxygen atoms in total. The largest absolute Gasteiger partial charge is 0.434 e. The van der Waals surface area contributed by atoms with Gasteiger partial charge in [0.2, 0.25) is 10.0 Å². The van der Waals surface area contributed by atoms with E-state index in [2.05, 4.69) is 20.4 Å². The molecule has 2 N–H and O–H groups in total. The molecule has 0 aliphatic rings. The lowest BCUT2D eigenvalue weighted by Crippen LogP contribution is -2.39. The quantitative estimate of drug-likeness (QED) is 0.326. The molecule has 28 heavy (non-hydrogen) atoms. The lowest BCUT2D eigenvalue weighted by atomic mass is 10.1. The maximum absolute atomic E-state index is 12.6. The lowest BCUT2D eigenvalue weighted by Gasteiger charge is -2.17. The van der Waals surface area contributed by atoms with Gasteiger partial charge in [0.05, 0.1) is 12.3 Å². The summed E-state index contributed by atoms with van der Waals surface area (Å²) in [5, 5.41) is 6.19. The van der Waals surface area contributed by atoms with Crippen LogP contribution in [0.3, 0.4) is 0 Å². The fourth-order valence-electron chi connectivity index (χ4n) is 2.42. The number of aliphatic imine (C=N–C) groups is 1. The van der Waals surface area contributed by atoms with Crippen molar-refractivity contribution in [1.82, 2.24) is 14.9 Å². The number of sulfonamides is 1. The highest BCUT2D eigenvalue weighted by Gasteiger charge is 2.14. The summed E-state index contributed by atoms with van der Waals surface area (Å²) in [6, 6.07) is 4.97. The van der Waals surface area contributed by atoms with Gasteiger partial charge in [-0.25, -0.2) is 17.7 Å². The topological polar surface area (TPSA) is 83.0 Å². The molecule has 10 heteroatoms. The minimum atomic E-state index is -3.19. The standard InChI is InChI=1S/C18H30F2N4O3S/c1-5-21-18(22-10-7-11-24(4)28(25,26)6-2)23-13-15-12-14(3)8-9-16(15)27-17(19)20/h8-9,12,17H,5-7,10-11,13H2,1-4H3,(H2,21,22,23). The summed E-state index contributed by atoms with van der Waals surface area (Å²) in [6.45, 7) is 4.20. The zero-order valence-corrected chi connectivity index (χ0v) is 17.7. The third-order valence-corrected chi connectivity index (χ3v) is 5.83. The second kappa shape index (κ2) is 11.8. The number of hydrogen-bond donors (Lipinski definition) is 2. The molecule has 0 amide bonds. The molecule has 0 saturated carbocycles. The molecule has 0 saturated heterocycles. The van der Waals surface area contributed by atoms with Crippen LogP contribution in [0.5, 0.6) is 5.75 Å². The number of ether oxygens (including phenoxy) is 1. The lowest BCUT2D eigenvalue weighted by molar-refractivity contribution is -0.0504. The second-order valence-electron chi connectivity index (χ2n) is 6.19. The summed E-state index contributed by atoms with van der Waals surface area (Å²) >= 11 is 0. The van der Waals surface area contributed by atoms with Crippen LogP contribution in [0.25, 0.3) is 0 Å². The molecule has 160 valence electrons. The third kappa shape index (κ3) is 8.39. The molecule has 0 spiro atoms. The Hall–Kier alpha value is -1.94. The fraction of sp³-hybridized carbons (Fsp3) is 0.611. The number of aryl methyl sites for hydroxylation is 1. The van der Waals surface area contributed by atoms with Crippen LogP contribution in [0.1, 0.15) is 31.4 Å². The molecule has 0 aromatic heterocycles. The van der Waals surface area contributed by atoms with E-state index < -0.39 is 16.6 Å². The molecule has 0 aliphatic heterocycles. The van der Waals surface area contributed by atoms with Crippen molar-refractivity contribution in [2.45, 2.75) is 40.3 Å². The van der Waals surface area contributed by atoms with E-state index in [0.717, 1.165) is 5.56 Å². The van der Waals surface area contributed by atoms with Crippen molar-refractivity contribution in [3.8, 4) is 5.75 Å². The summed E-state index contributed by atoms with van der Waals surface area (Å²) in [5.74, 6) is 0.695. The summed E-state index contributed by atoms with van der Waals surface area (Å²) < 4.78 is 54.5. The van der Waals surface area contributed by atoms with E-state index in [1.54, 1.807) is 26.1 Å². The van der Waals surface area contributed by atoms with E-state index in [1.165, 1.54) is 10.4 Å². The summed E-state index contributed by atoms with van der Waals surface area (Å²) in [4.78, 5) is 4.41. The number of nitrogens with one attached hydrogen (secondary N) is 2. The Balaban J connectivity index is 2.69. The zero-order valence-electron chi connectivity index (χ0n) is 16.8. The third-order valence-electron chi connectivity index (χ3n) is 3.97. The van der Waals surface area contributed by atoms with Gasteiger partial charge >= 0.3 is 6.61 Å². The van der Waals surface area contributed by atoms with Crippen LogP contribution in [0.2, 0.25) is 0 Å². The van der Waals surface area contributed by atoms with Gasteiger partial charge in [0.15, 0.2) is 5.96 Å². The number of guanidine groups is 1. The Morgan fingerprint density at radius 1 is 1.29 bits per heavy atom. The van der Waals surface area contributed by atoms with Gasteiger partial charge in [-0.05, 0) is 33.3 Å². The van der Waals surface area contributed by atoms with Crippen LogP contribution in [-0.4, -0.2) is 57.7 Å². The van der Waals surface area contributed by atoms with Crippen molar-refractivity contribution < 1.29 is 21.9 Å². The van der Waals surface area contributed by atoms with Crippen LogP contribution in [0.4, 0.5) is 8.78 Å². The van der Waals surface area contributed by atoms with E-state index in [0.29, 0.717) is 37.6 Å². The molecule has 1 aromatic rings. The summed E-state index contributed by atoms with van der Waals surface area (Å²) in [6.07, 6.45) is 0.602. The van der Waals surface area contributed by atoms with Gasteiger partial charge in [-0.2, -0.15) is 8.78 Å². The Labute approximate surface area is 166 Å². The minimum Gasteiger partial charge on any atom is -0.434 e. The maximum atomic E-state index is 12.6. The number of nitrogens with zero attached hydrogens (tertiary/aromatic N) is 2. The molecule has 1 rings (SSSR count). The van der Waals surface area contributed by atoms with Crippen molar-refractivity contribution in [3.05, 3.63) is 29.3 Å². The molecule has 0 fully saturated rings. The number of rotatable bonds is 11. The summed E-state index contributed by atoms with van der Waals surface area (Å²) in [7, 11) is -1.63. The predicted molar refractivity (Wildman–Crippen MR) is 107 cm³/mol. The fourth-order valence-corrected chi connectivity index (χ4v) is 3.26. The van der Waals surface area contributed by atoms with Crippen molar-refractivity contribution in [3.63, 3.8) is 0 Å². The van der Waals surface area contributed by atoms with Gasteiger partial charge in [-0.1, -0.05) is 17.7 Å². The SMILES string of the molecule is CCNC(=NCc1cc(C)ccc1OC(F)F)NCCCN(C)S(=O)(=O)CC. The molecule has 0 heterocycles. The maximum Gasteiger partial charge on any atom is 0.387 e. The van der Waals surface area contributed by atoms with Crippen LogP contribution in [0, 0.1) is 6.92 Å². The van der Waals surface area contributed by atoms with Crippen molar-refractivity contribution in [2.24, 2.45) is 4.99 Å². The highest BCUT2D eigenvalue weighted by atomic mass is 32.2. The molecule has 0 bridgehead atoms. The first-order valence-electron chi connectivity index (χ1n) is 9.20. The average Bonchev–Trinajstić information content (AvgIpc) is 2.64. The smallest absolute Gasteiger partial charge is 0.387 e. The van der Waals surface area contributed by atoms with Crippen LogP contribution >= 0.6 is 0 Å². The van der Waals surface area contributed by atoms with E-state index >= 15 is 0 Å². The van der Waals surface area contributed by atoms with Gasteiger partial charge in [-0.3, -0.25) is 0 Å². The highest BCUT2D eigenvalue weighted by molar-refractivity contribution is 7.89. The molecular formula is C18H30F2N4O3S. The van der Waals surface area contributed by atoms with Crippen molar-refractivity contribution in [1.29, 1.82) is 0 Å². The first kappa shape index (κ1) is 24.1. The molecular weight excluding hydrogens is 390 g/mol. The Morgan fingerprint density at radius 2 is 2.00 bits per heavy atom. The average molecular weight is 421 g/mol. The summed E-state index contributed by atoms with van der Waals surface area (Å²) in [5.41, 5.74) is 1.48. The van der Waals surface area contributed by atoms with E-state index in [-0.39, 0.29) is 18.0 Å². The Morgan fingerprint density at radius 3 is 2.61 bits per heavy atom. The Bertz CT molecular complexity index is 742. The minimum absolute atomic E-state index is 0.0700. The number of halogens is 2. The highest BCUT2D eigenvalue weighted by Crippen LogP contribution is 2.22. The van der Waals surface area contributed by atoms with Crippen molar-refractivity contribution >= 4 is 16.0 Å². The van der Waals surface area contributed by atoms with Crippen LogP contribution < -0.4 is 15.4 Å². The van der Waals surface area contributed by atoms with Gasteiger partial charge in [0.25, 0.3) is 0 Å². The number of alkyl halides is 2. The molecule has 0 aliphatic carbocycles. The predicted octanol–water partition coefficient (Wildman–Crippen LogP) is 2.32. The molecule has 0 unspecified atom stereocenters. The number of benzene rings is 1. The van der Waals surface area contributed by atoms with Gasteiger partial charge in [0.1, 0.15) is 5.75 Å². The van der Waals surface area contributed by atoms with Crippen molar-refractivity contribution in [2.75, 3.05) is 32.4 Å². The Kier molecular flexibility index (Phi) is 10.2. The van der Waals surface area contributed by atoms with E-state index in [1.807, 2.05) is 13.8 Å². The number of hydrogen-bond acceptors (Lipinski definition) is 4.